The van der Waals surface area contributed by atoms with Gasteiger partial charge in [-0.1, -0.05) is 0 Å². The van der Waals surface area contributed by atoms with E-state index in [0.29, 0.717) is 0 Å². The van der Waals surface area contributed by atoms with Gasteiger partial charge in [-0.2, -0.15) is 0 Å². The highest BCUT2D eigenvalue weighted by Crippen LogP contribution is 2.06. The van der Waals surface area contributed by atoms with Crippen LogP contribution in [-0.4, -0.2) is 75.4 Å². The molecule has 0 aliphatic rings. The van der Waals surface area contributed by atoms with Crippen molar-refractivity contribution in [2.75, 3.05) is 13.2 Å². The predicted molar refractivity (Wildman–Crippen MR) is 52.8 cm³/mol. The molecule has 17 heavy (non-hydrogen) atoms. The van der Waals surface area contributed by atoms with Crippen LogP contribution in [0.25, 0.3) is 0 Å². The minimum Gasteiger partial charge on any atom is -0.464 e. The van der Waals surface area contributed by atoms with Crippen molar-refractivity contribution in [1.29, 1.82) is 0 Å². The zero-order valence-corrected chi connectivity index (χ0v) is 8.97. The Kier molecular flexibility index (Phi) is 7.59. The van der Waals surface area contributed by atoms with Crippen LogP contribution in [0.2, 0.25) is 0 Å². The highest BCUT2D eigenvalue weighted by Gasteiger charge is 2.35. The Morgan fingerprint density at radius 3 is 2.24 bits per heavy atom. The van der Waals surface area contributed by atoms with Gasteiger partial charge in [0, 0.05) is 13.0 Å². The lowest BCUT2D eigenvalue weighted by atomic mass is 10.0. The normalized spacial score (nSPS) is 17.9. The zero-order chi connectivity index (χ0) is 13.4. The molecule has 0 aliphatic heterocycles. The summed E-state index contributed by atoms with van der Waals surface area (Å²) in [5, 5.41) is 44.9. The van der Waals surface area contributed by atoms with Gasteiger partial charge in [-0.05, 0) is 0 Å². The van der Waals surface area contributed by atoms with E-state index < -0.39 is 30.4 Å². The molecule has 0 saturated heterocycles. The molecule has 0 spiro atoms. The van der Waals surface area contributed by atoms with Gasteiger partial charge in [0.05, 0.1) is 6.61 Å². The molecule has 0 saturated carbocycles. The van der Waals surface area contributed by atoms with E-state index in [1.165, 1.54) is 0 Å². The fourth-order valence-corrected chi connectivity index (χ4v) is 0.931. The van der Waals surface area contributed by atoms with Crippen LogP contribution < -0.4 is 0 Å². The summed E-state index contributed by atoms with van der Waals surface area (Å²) in [5.74, 6) is -1.22. The molecule has 0 aromatic heterocycles. The van der Waals surface area contributed by atoms with Crippen molar-refractivity contribution >= 4 is 12.3 Å². The molecular weight excluding hydrogens is 236 g/mol. The third-order valence-electron chi connectivity index (χ3n) is 1.95. The van der Waals surface area contributed by atoms with E-state index in [-0.39, 0.29) is 25.9 Å². The highest BCUT2D eigenvalue weighted by molar-refractivity contribution is 5.75. The first-order chi connectivity index (χ1) is 7.95. The molecule has 8 heteroatoms. The van der Waals surface area contributed by atoms with Crippen LogP contribution in [0.4, 0.5) is 0 Å². The van der Waals surface area contributed by atoms with Crippen molar-refractivity contribution < 1.29 is 39.9 Å². The third-order valence-corrected chi connectivity index (χ3v) is 1.95. The van der Waals surface area contributed by atoms with Crippen LogP contribution in [0.1, 0.15) is 6.42 Å². The van der Waals surface area contributed by atoms with Gasteiger partial charge < -0.3 is 35.1 Å². The second-order valence-electron chi connectivity index (χ2n) is 3.30. The second kappa shape index (κ2) is 8.09. The van der Waals surface area contributed by atoms with E-state index >= 15 is 0 Å². The molecule has 0 heterocycles. The van der Waals surface area contributed by atoms with Gasteiger partial charge >= 0.3 is 5.97 Å². The van der Waals surface area contributed by atoms with Crippen LogP contribution in [0, 0.1) is 0 Å². The number of hydrogen-bond acceptors (Lipinski definition) is 8. The molecule has 100 valence electrons. The molecule has 0 radical (unpaired) electrons. The molecule has 0 amide bonds. The van der Waals surface area contributed by atoms with Gasteiger partial charge in [-0.3, -0.25) is 0 Å². The Morgan fingerprint density at radius 2 is 1.76 bits per heavy atom. The smallest absolute Gasteiger partial charge is 0.337 e. The van der Waals surface area contributed by atoms with E-state index in [9.17, 15) is 19.8 Å². The maximum absolute atomic E-state index is 11.1. The number of carbonyl (C=O) groups excluding carboxylic acids is 2. The van der Waals surface area contributed by atoms with Crippen LogP contribution in [0.5, 0.6) is 0 Å². The minimum absolute atomic E-state index is 0.0439. The van der Waals surface area contributed by atoms with Crippen LogP contribution in [0.15, 0.2) is 0 Å². The van der Waals surface area contributed by atoms with Crippen molar-refractivity contribution in [2.24, 2.45) is 0 Å². The lowest BCUT2D eigenvalue weighted by Crippen LogP contribution is -2.48. The van der Waals surface area contributed by atoms with Gasteiger partial charge in [-0.25, -0.2) is 4.79 Å². The maximum atomic E-state index is 11.1. The summed E-state index contributed by atoms with van der Waals surface area (Å²) in [6, 6.07) is 0. The fraction of sp³-hybridized carbons (Fsp3) is 0.778. The quantitative estimate of drug-likeness (QED) is 0.170. The summed E-state index contributed by atoms with van der Waals surface area (Å²) in [7, 11) is 0. The maximum Gasteiger partial charge on any atom is 0.337 e. The lowest BCUT2D eigenvalue weighted by molar-refractivity contribution is -0.169. The van der Waals surface area contributed by atoms with Gasteiger partial charge in [0.25, 0.3) is 0 Å². The largest absolute Gasteiger partial charge is 0.464 e. The molecule has 0 aromatic carbocycles. The van der Waals surface area contributed by atoms with Crippen LogP contribution >= 0.6 is 0 Å². The van der Waals surface area contributed by atoms with E-state index in [4.69, 9.17) is 15.3 Å². The molecule has 0 aliphatic carbocycles. The number of ether oxygens (including phenoxy) is 1. The van der Waals surface area contributed by atoms with Gasteiger partial charge in [-0.15, -0.1) is 0 Å². The Labute approximate surface area is 97.1 Å². The SMILES string of the molecule is O=C[C@H](O)[C@H](O)[C@H](O)[C@H](O)C(=O)OCCCO. The first-order valence-electron chi connectivity index (χ1n) is 4.90. The highest BCUT2D eigenvalue weighted by atomic mass is 16.5. The number of rotatable bonds is 8. The minimum atomic E-state index is -2.08. The average Bonchev–Trinajstić information content (AvgIpc) is 2.35. The molecule has 4 atom stereocenters. The number of carbonyl (C=O) groups is 2. The number of aliphatic hydroxyl groups is 5. The van der Waals surface area contributed by atoms with Gasteiger partial charge in [0.1, 0.15) is 18.3 Å². The molecule has 0 rings (SSSR count). The van der Waals surface area contributed by atoms with E-state index in [1.54, 1.807) is 0 Å². The Hall–Kier alpha value is -1.06. The van der Waals surface area contributed by atoms with E-state index in [0.717, 1.165) is 0 Å². The molecule has 0 unspecified atom stereocenters. The Bertz CT molecular complexity index is 243. The number of aliphatic hydroxyl groups excluding tert-OH is 5. The Balaban J connectivity index is 4.23. The van der Waals surface area contributed by atoms with Crippen molar-refractivity contribution in [2.45, 2.75) is 30.8 Å². The first kappa shape index (κ1) is 15.9. The first-order valence-corrected chi connectivity index (χ1v) is 4.90. The molecular formula is C9H16O8. The number of hydrogen-bond donors (Lipinski definition) is 5. The number of aldehydes is 1. The predicted octanol–water partition coefficient (Wildman–Crippen LogP) is -3.45. The molecule has 5 N–H and O–H groups in total. The van der Waals surface area contributed by atoms with E-state index in [2.05, 4.69) is 4.74 Å². The standard InChI is InChI=1S/C9H16O8/c10-2-1-3-17-9(16)8(15)7(14)6(13)5(12)4-11/h4-8,10,12-15H,1-3H2/t5-,6-,7-,8-/m0/s1. The van der Waals surface area contributed by atoms with Crippen LogP contribution in [0.3, 0.4) is 0 Å². The third kappa shape index (κ3) is 5.20. The fourth-order valence-electron chi connectivity index (χ4n) is 0.931. The van der Waals surface area contributed by atoms with E-state index in [1.807, 2.05) is 0 Å². The Morgan fingerprint density at radius 1 is 1.18 bits per heavy atom. The monoisotopic (exact) mass is 252 g/mol. The van der Waals surface area contributed by atoms with Gasteiger partial charge in [0.15, 0.2) is 12.4 Å². The van der Waals surface area contributed by atoms with Crippen molar-refractivity contribution in [1.82, 2.24) is 0 Å². The topological polar surface area (TPSA) is 145 Å². The summed E-state index contributed by atoms with van der Waals surface area (Å²) in [6.07, 6.45) is -7.92. The molecule has 8 nitrogen and oxygen atoms in total. The zero-order valence-electron chi connectivity index (χ0n) is 8.97. The molecule has 0 bridgehead atoms. The lowest BCUT2D eigenvalue weighted by Gasteiger charge is -2.22. The second-order valence-corrected chi connectivity index (χ2v) is 3.30. The van der Waals surface area contributed by atoms with Gasteiger partial charge in [0.2, 0.25) is 0 Å². The van der Waals surface area contributed by atoms with Crippen molar-refractivity contribution in [3.63, 3.8) is 0 Å². The average molecular weight is 252 g/mol. The summed E-state index contributed by atoms with van der Waals surface area (Å²) >= 11 is 0. The van der Waals surface area contributed by atoms with Crippen LogP contribution in [-0.2, 0) is 14.3 Å². The summed E-state index contributed by atoms with van der Waals surface area (Å²) in [6.45, 7) is -0.371. The summed E-state index contributed by atoms with van der Waals surface area (Å²) in [5.41, 5.74) is 0. The summed E-state index contributed by atoms with van der Waals surface area (Å²) in [4.78, 5) is 21.2. The summed E-state index contributed by atoms with van der Waals surface area (Å²) < 4.78 is 4.44. The van der Waals surface area contributed by atoms with Crippen molar-refractivity contribution in [3.05, 3.63) is 0 Å². The molecule has 0 fully saturated rings. The number of esters is 1. The van der Waals surface area contributed by atoms with Crippen molar-refractivity contribution in [3.8, 4) is 0 Å². The molecule has 0 aromatic rings.